The van der Waals surface area contributed by atoms with Crippen LogP contribution in [0.25, 0.3) is 0 Å². The molecular weight excluding hydrogens is 144 g/mol. The Morgan fingerprint density at radius 3 is 2.00 bits per heavy atom. The second-order valence-corrected chi connectivity index (χ2v) is 2.97. The van der Waals surface area contributed by atoms with Crippen molar-refractivity contribution in [3.63, 3.8) is 0 Å². The second kappa shape index (κ2) is 6.90. The molecule has 0 aliphatic heterocycles. The molecule has 0 aliphatic carbocycles. The highest BCUT2D eigenvalue weighted by molar-refractivity contribution is 5.32. The van der Waals surface area contributed by atoms with E-state index in [1.165, 1.54) is 11.1 Å². The van der Waals surface area contributed by atoms with Gasteiger partial charge in [-0.25, -0.2) is 0 Å². The molecule has 0 aromatic heterocycles. The van der Waals surface area contributed by atoms with Gasteiger partial charge in [0.05, 0.1) is 0 Å². The maximum atomic E-state index is 3.83. The second-order valence-electron chi connectivity index (χ2n) is 2.97. The van der Waals surface area contributed by atoms with Crippen molar-refractivity contribution >= 4 is 0 Å². The average Bonchev–Trinajstić information content (AvgIpc) is 1.86. The molecule has 0 spiro atoms. The molecule has 0 N–H and O–H groups in total. The fourth-order valence-electron chi connectivity index (χ4n) is 0.951. The highest BCUT2D eigenvalue weighted by atomic mass is 14.0. The monoisotopic (exact) mass is 166 g/mol. The largest absolute Gasteiger partial charge is 0.0961 e. The van der Waals surface area contributed by atoms with E-state index < -0.39 is 0 Å². The molecule has 0 aliphatic rings. The molecule has 0 saturated carbocycles. The summed E-state index contributed by atoms with van der Waals surface area (Å²) in [6.45, 7) is 12.3. The van der Waals surface area contributed by atoms with Crippen molar-refractivity contribution in [2.24, 2.45) is 0 Å². The molecule has 0 radical (unpaired) electrons. The van der Waals surface area contributed by atoms with Gasteiger partial charge in [0.1, 0.15) is 0 Å². The zero-order chi connectivity index (χ0) is 8.85. The van der Waals surface area contributed by atoms with Crippen LogP contribution >= 0.6 is 0 Å². The molecular formula is C12H22. The Morgan fingerprint density at radius 2 is 1.67 bits per heavy atom. The standard InChI is InChI=1S/C11H18.CH4/c1-6-7-10(4)11(5)8-9(2)3;/h7-8H,2,6H2,1,3-5H3;1H4/b10-7-,11-8-;. The summed E-state index contributed by atoms with van der Waals surface area (Å²) in [5.74, 6) is 0. The minimum absolute atomic E-state index is 0. The highest BCUT2D eigenvalue weighted by Crippen LogP contribution is 2.10. The van der Waals surface area contributed by atoms with E-state index in [1.807, 2.05) is 6.92 Å². The van der Waals surface area contributed by atoms with Gasteiger partial charge in [-0.2, -0.15) is 0 Å². The lowest BCUT2D eigenvalue weighted by Gasteiger charge is -2.00. The number of allylic oxidation sites excluding steroid dienone is 5. The van der Waals surface area contributed by atoms with Gasteiger partial charge in [-0.1, -0.05) is 44.2 Å². The van der Waals surface area contributed by atoms with Crippen molar-refractivity contribution in [1.29, 1.82) is 0 Å². The lowest BCUT2D eigenvalue weighted by atomic mass is 10.1. The van der Waals surface area contributed by atoms with Crippen LogP contribution in [0.3, 0.4) is 0 Å². The first-order valence-corrected chi connectivity index (χ1v) is 4.08. The van der Waals surface area contributed by atoms with Crippen molar-refractivity contribution in [2.75, 3.05) is 0 Å². The zero-order valence-corrected chi connectivity index (χ0v) is 8.07. The molecule has 0 saturated heterocycles. The Hall–Kier alpha value is -0.780. The predicted octanol–water partition coefficient (Wildman–Crippen LogP) is 4.50. The first kappa shape index (κ1) is 13.8. The predicted molar refractivity (Wildman–Crippen MR) is 59.4 cm³/mol. The summed E-state index contributed by atoms with van der Waals surface area (Å²) >= 11 is 0. The Balaban J connectivity index is 0. The van der Waals surface area contributed by atoms with E-state index in [2.05, 4.69) is 39.5 Å². The molecule has 0 heterocycles. The quantitative estimate of drug-likeness (QED) is 0.541. The average molecular weight is 166 g/mol. The van der Waals surface area contributed by atoms with Crippen LogP contribution in [0, 0.1) is 0 Å². The summed E-state index contributed by atoms with van der Waals surface area (Å²) in [6.07, 6.45) is 5.45. The Labute approximate surface area is 77.7 Å². The van der Waals surface area contributed by atoms with E-state index >= 15 is 0 Å². The molecule has 0 aromatic carbocycles. The third-order valence-electron chi connectivity index (χ3n) is 1.60. The Morgan fingerprint density at radius 1 is 1.17 bits per heavy atom. The van der Waals surface area contributed by atoms with E-state index in [0.29, 0.717) is 0 Å². The first-order chi connectivity index (χ1) is 5.07. The normalized spacial score (nSPS) is 12.3. The summed E-state index contributed by atoms with van der Waals surface area (Å²) in [4.78, 5) is 0. The van der Waals surface area contributed by atoms with Gasteiger partial charge in [0, 0.05) is 0 Å². The SMILES string of the molecule is C.C=C(C)/C=C(C)\C(C)=C/CC. The van der Waals surface area contributed by atoms with Crippen LogP contribution in [0.4, 0.5) is 0 Å². The summed E-state index contributed by atoms with van der Waals surface area (Å²) in [6, 6.07) is 0. The van der Waals surface area contributed by atoms with Crippen LogP contribution in [0.2, 0.25) is 0 Å². The summed E-state index contributed by atoms with van der Waals surface area (Å²) < 4.78 is 0. The van der Waals surface area contributed by atoms with Gasteiger partial charge < -0.3 is 0 Å². The minimum Gasteiger partial charge on any atom is -0.0961 e. The maximum absolute atomic E-state index is 3.83. The van der Waals surface area contributed by atoms with Gasteiger partial charge >= 0.3 is 0 Å². The number of hydrogen-bond acceptors (Lipinski definition) is 0. The van der Waals surface area contributed by atoms with E-state index in [9.17, 15) is 0 Å². The van der Waals surface area contributed by atoms with Crippen LogP contribution < -0.4 is 0 Å². The van der Waals surface area contributed by atoms with Crippen LogP contribution in [0.1, 0.15) is 41.5 Å². The van der Waals surface area contributed by atoms with E-state index in [-0.39, 0.29) is 7.43 Å². The van der Waals surface area contributed by atoms with Crippen LogP contribution in [-0.2, 0) is 0 Å². The molecule has 0 heteroatoms. The number of hydrogen-bond donors (Lipinski definition) is 0. The lowest BCUT2D eigenvalue weighted by Crippen LogP contribution is -1.79. The lowest BCUT2D eigenvalue weighted by molar-refractivity contribution is 1.17. The Bertz CT molecular complexity index is 192. The van der Waals surface area contributed by atoms with Gasteiger partial charge in [-0.05, 0) is 32.8 Å². The molecule has 0 rings (SSSR count). The third-order valence-corrected chi connectivity index (χ3v) is 1.60. The van der Waals surface area contributed by atoms with Crippen molar-refractivity contribution in [1.82, 2.24) is 0 Å². The third kappa shape index (κ3) is 5.96. The van der Waals surface area contributed by atoms with Gasteiger partial charge in [0.2, 0.25) is 0 Å². The van der Waals surface area contributed by atoms with Crippen molar-refractivity contribution in [3.8, 4) is 0 Å². The molecule has 0 bridgehead atoms. The van der Waals surface area contributed by atoms with Gasteiger partial charge in [-0.3, -0.25) is 0 Å². The smallest absolute Gasteiger partial charge is 0.0373 e. The van der Waals surface area contributed by atoms with Crippen LogP contribution in [-0.4, -0.2) is 0 Å². The van der Waals surface area contributed by atoms with Crippen molar-refractivity contribution in [3.05, 3.63) is 35.5 Å². The van der Waals surface area contributed by atoms with Gasteiger partial charge in [0.25, 0.3) is 0 Å². The fraction of sp³-hybridized carbons (Fsp3) is 0.500. The highest BCUT2D eigenvalue weighted by Gasteiger charge is 1.90. The van der Waals surface area contributed by atoms with Crippen LogP contribution in [0.15, 0.2) is 35.5 Å². The van der Waals surface area contributed by atoms with Gasteiger partial charge in [-0.15, -0.1) is 0 Å². The van der Waals surface area contributed by atoms with Crippen molar-refractivity contribution in [2.45, 2.75) is 41.5 Å². The van der Waals surface area contributed by atoms with E-state index in [4.69, 9.17) is 0 Å². The van der Waals surface area contributed by atoms with Crippen molar-refractivity contribution < 1.29 is 0 Å². The van der Waals surface area contributed by atoms with E-state index in [0.717, 1.165) is 12.0 Å². The minimum atomic E-state index is 0. The topological polar surface area (TPSA) is 0 Å². The fourth-order valence-corrected chi connectivity index (χ4v) is 0.951. The van der Waals surface area contributed by atoms with Gasteiger partial charge in [0.15, 0.2) is 0 Å². The summed E-state index contributed by atoms with van der Waals surface area (Å²) in [5.41, 5.74) is 3.79. The molecule has 12 heavy (non-hydrogen) atoms. The zero-order valence-electron chi connectivity index (χ0n) is 8.07. The summed E-state index contributed by atoms with van der Waals surface area (Å²) in [7, 11) is 0. The molecule has 70 valence electrons. The first-order valence-electron chi connectivity index (χ1n) is 4.08. The maximum Gasteiger partial charge on any atom is -0.0373 e. The molecule has 0 atom stereocenters. The molecule has 0 unspecified atom stereocenters. The molecule has 0 fully saturated rings. The Kier molecular flexibility index (Phi) is 7.93. The molecule has 0 amide bonds. The molecule has 0 nitrogen and oxygen atoms in total. The number of rotatable bonds is 3. The summed E-state index contributed by atoms with van der Waals surface area (Å²) in [5, 5.41) is 0. The van der Waals surface area contributed by atoms with Crippen LogP contribution in [0.5, 0.6) is 0 Å². The molecule has 0 aromatic rings. The van der Waals surface area contributed by atoms with E-state index in [1.54, 1.807) is 0 Å².